The van der Waals surface area contributed by atoms with Gasteiger partial charge in [0.05, 0.1) is 6.26 Å². The summed E-state index contributed by atoms with van der Waals surface area (Å²) in [5, 5.41) is 10.9. The molecule has 1 aromatic heterocycles. The zero-order chi connectivity index (χ0) is 10.7. The minimum atomic E-state index is -0.436. The summed E-state index contributed by atoms with van der Waals surface area (Å²) >= 11 is 0. The first-order chi connectivity index (χ1) is 7.29. The summed E-state index contributed by atoms with van der Waals surface area (Å²) in [6.07, 6.45) is 1.42. The SMILES string of the molecule is O=[N+]([O-])[C](c1ccccc1)c1ccco1. The van der Waals surface area contributed by atoms with Crippen LogP contribution in [0, 0.1) is 16.2 Å². The van der Waals surface area contributed by atoms with Crippen LogP contribution in [0.3, 0.4) is 0 Å². The molecule has 0 amide bonds. The van der Waals surface area contributed by atoms with Crippen LogP contribution in [-0.2, 0) is 0 Å². The second kappa shape index (κ2) is 3.96. The van der Waals surface area contributed by atoms with E-state index in [4.69, 9.17) is 4.42 Å². The molecule has 15 heavy (non-hydrogen) atoms. The molecule has 0 fully saturated rings. The van der Waals surface area contributed by atoms with Crippen molar-refractivity contribution in [1.82, 2.24) is 0 Å². The molecule has 0 saturated heterocycles. The van der Waals surface area contributed by atoms with Gasteiger partial charge >= 0.3 is 6.04 Å². The molecule has 0 atom stereocenters. The summed E-state index contributed by atoms with van der Waals surface area (Å²) in [4.78, 5) is 10.5. The van der Waals surface area contributed by atoms with E-state index in [1.807, 2.05) is 6.07 Å². The fraction of sp³-hybridized carbons (Fsp3) is 0. The summed E-state index contributed by atoms with van der Waals surface area (Å²) < 4.78 is 5.03. The van der Waals surface area contributed by atoms with Crippen molar-refractivity contribution in [1.29, 1.82) is 0 Å². The van der Waals surface area contributed by atoms with Crippen molar-refractivity contribution in [3.8, 4) is 0 Å². The molecule has 0 aliphatic carbocycles. The van der Waals surface area contributed by atoms with Gasteiger partial charge in [-0.1, -0.05) is 30.3 Å². The molecule has 0 aliphatic heterocycles. The van der Waals surface area contributed by atoms with Crippen LogP contribution in [0.4, 0.5) is 0 Å². The zero-order valence-corrected chi connectivity index (χ0v) is 7.79. The van der Waals surface area contributed by atoms with Crippen LogP contribution in [0.1, 0.15) is 11.3 Å². The second-order valence-corrected chi connectivity index (χ2v) is 2.95. The molecule has 0 aliphatic rings. The first-order valence-corrected chi connectivity index (χ1v) is 4.39. The summed E-state index contributed by atoms with van der Waals surface area (Å²) in [5.41, 5.74) is 0.539. The van der Waals surface area contributed by atoms with E-state index in [1.54, 1.807) is 36.4 Å². The Hall–Kier alpha value is -2.10. The average molecular weight is 202 g/mol. The Morgan fingerprint density at radius 2 is 1.87 bits per heavy atom. The molecule has 75 valence electrons. The minimum absolute atomic E-state index is 0.0133. The van der Waals surface area contributed by atoms with Crippen molar-refractivity contribution < 1.29 is 9.34 Å². The van der Waals surface area contributed by atoms with Gasteiger partial charge in [-0.05, 0) is 12.1 Å². The third-order valence-electron chi connectivity index (χ3n) is 1.98. The van der Waals surface area contributed by atoms with E-state index >= 15 is 0 Å². The fourth-order valence-electron chi connectivity index (χ4n) is 1.35. The quantitative estimate of drug-likeness (QED) is 0.567. The van der Waals surface area contributed by atoms with Crippen molar-refractivity contribution in [3.63, 3.8) is 0 Å². The van der Waals surface area contributed by atoms with E-state index in [9.17, 15) is 10.1 Å². The van der Waals surface area contributed by atoms with Gasteiger partial charge in [0, 0.05) is 10.5 Å². The molecular weight excluding hydrogens is 194 g/mol. The molecule has 4 heteroatoms. The molecule has 1 heterocycles. The first-order valence-electron chi connectivity index (χ1n) is 4.39. The molecule has 1 radical (unpaired) electrons. The molecule has 0 spiro atoms. The predicted molar refractivity (Wildman–Crippen MR) is 53.6 cm³/mol. The normalized spacial score (nSPS) is 10.5. The molecule has 2 rings (SSSR count). The van der Waals surface area contributed by atoms with Gasteiger partial charge < -0.3 is 4.42 Å². The lowest BCUT2D eigenvalue weighted by atomic mass is 10.1. The maximum atomic E-state index is 10.9. The lowest BCUT2D eigenvalue weighted by Gasteiger charge is -2.03. The van der Waals surface area contributed by atoms with E-state index in [0.717, 1.165) is 0 Å². The Labute approximate surface area is 86.3 Å². The predicted octanol–water partition coefficient (Wildman–Crippen LogP) is 2.48. The van der Waals surface area contributed by atoms with Crippen LogP contribution < -0.4 is 0 Å². The summed E-state index contributed by atoms with van der Waals surface area (Å²) in [6, 6.07) is 11.9. The number of hydrogen-bond donors (Lipinski definition) is 0. The third-order valence-corrected chi connectivity index (χ3v) is 1.98. The van der Waals surface area contributed by atoms with Crippen LogP contribution >= 0.6 is 0 Å². The van der Waals surface area contributed by atoms with Crippen LogP contribution in [0.15, 0.2) is 53.1 Å². The summed E-state index contributed by atoms with van der Waals surface area (Å²) in [6.45, 7) is 0. The highest BCUT2D eigenvalue weighted by Crippen LogP contribution is 2.23. The Morgan fingerprint density at radius 1 is 1.13 bits per heavy atom. The lowest BCUT2D eigenvalue weighted by Crippen LogP contribution is -2.12. The van der Waals surface area contributed by atoms with E-state index in [0.29, 0.717) is 5.56 Å². The Bertz CT molecular complexity index is 436. The topological polar surface area (TPSA) is 56.3 Å². The van der Waals surface area contributed by atoms with E-state index in [2.05, 4.69) is 0 Å². The van der Waals surface area contributed by atoms with Gasteiger partial charge in [0.15, 0.2) is 5.76 Å². The van der Waals surface area contributed by atoms with Gasteiger partial charge in [-0.3, -0.25) is 10.1 Å². The van der Waals surface area contributed by atoms with Crippen molar-refractivity contribution in [3.05, 3.63) is 76.2 Å². The molecule has 2 aromatic rings. The number of nitrogens with zero attached hydrogens (tertiary/aromatic N) is 1. The average Bonchev–Trinajstić information content (AvgIpc) is 2.72. The van der Waals surface area contributed by atoms with Crippen molar-refractivity contribution in [2.45, 2.75) is 0 Å². The van der Waals surface area contributed by atoms with Crippen LogP contribution in [0.25, 0.3) is 0 Å². The van der Waals surface area contributed by atoms with Gasteiger partial charge in [-0.15, -0.1) is 0 Å². The second-order valence-electron chi connectivity index (χ2n) is 2.95. The standard InChI is InChI=1S/C11H8NO3/c13-12(14)11(10-7-4-8-15-10)9-5-2-1-3-6-9/h1-8H. The monoisotopic (exact) mass is 202 g/mol. The lowest BCUT2D eigenvalue weighted by molar-refractivity contribution is -0.453. The van der Waals surface area contributed by atoms with E-state index in [1.165, 1.54) is 6.26 Å². The zero-order valence-electron chi connectivity index (χ0n) is 7.79. The molecule has 0 bridgehead atoms. The smallest absolute Gasteiger partial charge is 0.383 e. The third kappa shape index (κ3) is 1.88. The molecule has 1 aromatic carbocycles. The minimum Gasteiger partial charge on any atom is -0.461 e. The van der Waals surface area contributed by atoms with Crippen molar-refractivity contribution in [2.24, 2.45) is 0 Å². The largest absolute Gasteiger partial charge is 0.461 e. The van der Waals surface area contributed by atoms with Gasteiger partial charge in [-0.25, -0.2) is 0 Å². The molecular formula is C11H8NO3. The first kappa shape index (κ1) is 9.45. The molecule has 0 N–H and O–H groups in total. The Balaban J connectivity index is 2.42. The van der Waals surface area contributed by atoms with Gasteiger partial charge in [0.1, 0.15) is 0 Å². The maximum Gasteiger partial charge on any atom is 0.383 e. The van der Waals surface area contributed by atoms with Crippen molar-refractivity contribution in [2.75, 3.05) is 0 Å². The van der Waals surface area contributed by atoms with Crippen LogP contribution in [0.2, 0.25) is 0 Å². The van der Waals surface area contributed by atoms with Crippen LogP contribution in [-0.4, -0.2) is 4.92 Å². The summed E-state index contributed by atoms with van der Waals surface area (Å²) in [7, 11) is 0. The Kier molecular flexibility index (Phi) is 2.49. The highest BCUT2D eigenvalue weighted by atomic mass is 16.6. The van der Waals surface area contributed by atoms with Gasteiger partial charge in [0.25, 0.3) is 0 Å². The highest BCUT2D eigenvalue weighted by molar-refractivity contribution is 5.36. The van der Waals surface area contributed by atoms with E-state index < -0.39 is 4.92 Å². The fourth-order valence-corrected chi connectivity index (χ4v) is 1.35. The maximum absolute atomic E-state index is 10.9. The van der Waals surface area contributed by atoms with Gasteiger partial charge in [-0.2, -0.15) is 0 Å². The highest BCUT2D eigenvalue weighted by Gasteiger charge is 2.31. The number of hydrogen-bond acceptors (Lipinski definition) is 3. The van der Waals surface area contributed by atoms with Crippen molar-refractivity contribution >= 4 is 0 Å². The van der Waals surface area contributed by atoms with Gasteiger partial charge in [0.2, 0.25) is 0 Å². The number of rotatable bonds is 3. The number of benzene rings is 1. The number of nitro groups is 1. The van der Waals surface area contributed by atoms with Crippen LogP contribution in [0.5, 0.6) is 0 Å². The molecule has 4 nitrogen and oxygen atoms in total. The molecule has 0 unspecified atom stereocenters. The van der Waals surface area contributed by atoms with E-state index in [-0.39, 0.29) is 11.8 Å². The summed E-state index contributed by atoms with van der Waals surface area (Å²) in [5.74, 6) is 0.270. The number of furan rings is 1. The Morgan fingerprint density at radius 3 is 2.40 bits per heavy atom. The molecule has 0 saturated carbocycles.